The normalized spacial score (nSPS) is 37.0. The molecule has 7 nitrogen and oxygen atoms in total. The van der Waals surface area contributed by atoms with Gasteiger partial charge in [0.2, 0.25) is 5.91 Å². The van der Waals surface area contributed by atoms with Gasteiger partial charge in [0.25, 0.3) is 5.91 Å². The van der Waals surface area contributed by atoms with Crippen molar-refractivity contribution in [2.24, 2.45) is 5.92 Å². The second kappa shape index (κ2) is 6.35. The third-order valence-corrected chi connectivity index (χ3v) is 5.57. The molecule has 3 rings (SSSR count). The van der Waals surface area contributed by atoms with Gasteiger partial charge in [0.1, 0.15) is 12.1 Å². The van der Waals surface area contributed by atoms with Crippen molar-refractivity contribution in [3.05, 3.63) is 0 Å². The lowest BCUT2D eigenvalue weighted by Gasteiger charge is -2.37. The van der Waals surface area contributed by atoms with Crippen LogP contribution in [0.25, 0.3) is 0 Å². The monoisotopic (exact) mass is 337 g/mol. The molecule has 2 aliphatic heterocycles. The molecule has 2 heterocycles. The molecule has 4 amide bonds. The van der Waals surface area contributed by atoms with Gasteiger partial charge in [0, 0.05) is 13.1 Å². The van der Waals surface area contributed by atoms with E-state index in [1.807, 2.05) is 20.8 Å². The molecule has 0 aromatic heterocycles. The summed E-state index contributed by atoms with van der Waals surface area (Å²) in [5, 5.41) is 2.89. The number of rotatable bonds is 2. The SMILES string of the molecule is C[C@@H]1CN(C(=O)CN2C(=O)N[C@]3(CCCC[C@@H]3C)C2=O)C[C@@H](C)O1. The molecule has 0 radical (unpaired) electrons. The number of imide groups is 1. The number of nitrogens with one attached hydrogen (secondary N) is 1. The van der Waals surface area contributed by atoms with Crippen LogP contribution in [0.1, 0.15) is 46.5 Å². The molecule has 4 atom stereocenters. The molecule has 1 spiro atoms. The first kappa shape index (κ1) is 17.2. The Morgan fingerprint density at radius 2 is 1.88 bits per heavy atom. The van der Waals surface area contributed by atoms with Crippen LogP contribution in [-0.2, 0) is 14.3 Å². The zero-order valence-corrected chi connectivity index (χ0v) is 14.7. The molecule has 1 aliphatic carbocycles. The van der Waals surface area contributed by atoms with E-state index in [0.717, 1.165) is 24.2 Å². The Balaban J connectivity index is 1.70. The largest absolute Gasteiger partial charge is 0.372 e. The summed E-state index contributed by atoms with van der Waals surface area (Å²) in [4.78, 5) is 40.6. The van der Waals surface area contributed by atoms with Gasteiger partial charge >= 0.3 is 6.03 Å². The Kier molecular flexibility index (Phi) is 4.55. The highest BCUT2D eigenvalue weighted by molar-refractivity contribution is 6.09. The van der Waals surface area contributed by atoms with Gasteiger partial charge in [0.05, 0.1) is 12.2 Å². The van der Waals surface area contributed by atoms with Gasteiger partial charge in [0.15, 0.2) is 0 Å². The minimum Gasteiger partial charge on any atom is -0.372 e. The zero-order valence-electron chi connectivity index (χ0n) is 14.7. The highest BCUT2D eigenvalue weighted by atomic mass is 16.5. The summed E-state index contributed by atoms with van der Waals surface area (Å²) in [7, 11) is 0. The molecule has 134 valence electrons. The fourth-order valence-corrected chi connectivity index (χ4v) is 4.26. The molecule has 3 aliphatic rings. The number of hydrogen-bond acceptors (Lipinski definition) is 4. The third-order valence-electron chi connectivity index (χ3n) is 5.57. The lowest BCUT2D eigenvalue weighted by atomic mass is 9.73. The van der Waals surface area contributed by atoms with Crippen LogP contribution in [0, 0.1) is 5.92 Å². The number of morpholine rings is 1. The van der Waals surface area contributed by atoms with Crippen molar-refractivity contribution < 1.29 is 19.1 Å². The molecular weight excluding hydrogens is 310 g/mol. The predicted molar refractivity (Wildman–Crippen MR) is 87.2 cm³/mol. The minimum atomic E-state index is -0.804. The van der Waals surface area contributed by atoms with Crippen molar-refractivity contribution in [2.75, 3.05) is 19.6 Å². The molecule has 1 saturated carbocycles. The van der Waals surface area contributed by atoms with E-state index in [2.05, 4.69) is 5.32 Å². The zero-order chi connectivity index (χ0) is 17.5. The van der Waals surface area contributed by atoms with Gasteiger partial charge in [-0.15, -0.1) is 0 Å². The number of nitrogens with zero attached hydrogens (tertiary/aromatic N) is 2. The molecule has 0 bridgehead atoms. The van der Waals surface area contributed by atoms with E-state index in [4.69, 9.17) is 4.74 Å². The summed E-state index contributed by atoms with van der Waals surface area (Å²) >= 11 is 0. The second-order valence-electron chi connectivity index (χ2n) is 7.50. The molecule has 2 saturated heterocycles. The van der Waals surface area contributed by atoms with Gasteiger partial charge < -0.3 is 15.0 Å². The predicted octanol–water partition coefficient (Wildman–Crippen LogP) is 1.12. The van der Waals surface area contributed by atoms with Crippen molar-refractivity contribution >= 4 is 17.8 Å². The first-order valence-corrected chi connectivity index (χ1v) is 8.91. The van der Waals surface area contributed by atoms with Crippen LogP contribution < -0.4 is 5.32 Å². The van der Waals surface area contributed by atoms with Gasteiger partial charge in [-0.1, -0.05) is 19.8 Å². The summed E-state index contributed by atoms with van der Waals surface area (Å²) in [6, 6.07) is -0.434. The quantitative estimate of drug-likeness (QED) is 0.766. The summed E-state index contributed by atoms with van der Waals surface area (Å²) in [5.41, 5.74) is -0.804. The van der Waals surface area contributed by atoms with Crippen LogP contribution in [-0.4, -0.2) is 65.0 Å². The first-order valence-electron chi connectivity index (χ1n) is 8.91. The Hall–Kier alpha value is -1.63. The van der Waals surface area contributed by atoms with Crippen molar-refractivity contribution in [1.29, 1.82) is 0 Å². The summed E-state index contributed by atoms with van der Waals surface area (Å²) < 4.78 is 5.63. The molecule has 24 heavy (non-hydrogen) atoms. The van der Waals surface area contributed by atoms with Crippen molar-refractivity contribution in [2.45, 2.75) is 64.2 Å². The van der Waals surface area contributed by atoms with E-state index >= 15 is 0 Å². The number of ether oxygens (including phenoxy) is 1. The van der Waals surface area contributed by atoms with Crippen LogP contribution in [0.3, 0.4) is 0 Å². The van der Waals surface area contributed by atoms with E-state index in [0.29, 0.717) is 19.5 Å². The number of hydrogen-bond donors (Lipinski definition) is 1. The lowest BCUT2D eigenvalue weighted by molar-refractivity contribution is -0.147. The van der Waals surface area contributed by atoms with E-state index in [9.17, 15) is 14.4 Å². The molecule has 0 aromatic carbocycles. The van der Waals surface area contributed by atoms with Gasteiger partial charge in [-0.3, -0.25) is 14.5 Å². The van der Waals surface area contributed by atoms with Crippen LogP contribution in [0.5, 0.6) is 0 Å². The van der Waals surface area contributed by atoms with Crippen molar-refractivity contribution in [1.82, 2.24) is 15.1 Å². The summed E-state index contributed by atoms with van der Waals surface area (Å²) in [6.07, 6.45) is 3.52. The Labute approximate surface area is 142 Å². The van der Waals surface area contributed by atoms with E-state index < -0.39 is 11.6 Å². The molecule has 3 fully saturated rings. The van der Waals surface area contributed by atoms with Crippen LogP contribution in [0.4, 0.5) is 4.79 Å². The van der Waals surface area contributed by atoms with Gasteiger partial charge in [-0.25, -0.2) is 4.79 Å². The Morgan fingerprint density at radius 3 is 2.50 bits per heavy atom. The average molecular weight is 337 g/mol. The second-order valence-corrected chi connectivity index (χ2v) is 7.50. The van der Waals surface area contributed by atoms with E-state index in [1.54, 1.807) is 4.90 Å². The van der Waals surface area contributed by atoms with E-state index in [1.165, 1.54) is 0 Å². The summed E-state index contributed by atoms with van der Waals surface area (Å²) in [5.74, 6) is -0.324. The molecule has 0 aromatic rings. The maximum absolute atomic E-state index is 12.9. The first-order chi connectivity index (χ1) is 11.3. The standard InChI is InChI=1S/C17H27N3O4/c1-11-6-4-5-7-17(11)15(22)20(16(23)18-17)10-14(21)19-8-12(2)24-13(3)9-19/h11-13H,4-10H2,1-3H3,(H,18,23)/t11-,12+,13+,17-/m0/s1. The third kappa shape index (κ3) is 2.90. The summed E-state index contributed by atoms with van der Waals surface area (Å²) in [6.45, 7) is 6.65. The van der Waals surface area contributed by atoms with E-state index in [-0.39, 0.29) is 36.5 Å². The van der Waals surface area contributed by atoms with Crippen LogP contribution in [0.15, 0.2) is 0 Å². The highest BCUT2D eigenvalue weighted by Gasteiger charge is 2.55. The average Bonchev–Trinajstić information content (AvgIpc) is 2.74. The fraction of sp³-hybridized carbons (Fsp3) is 0.824. The van der Waals surface area contributed by atoms with Crippen molar-refractivity contribution in [3.63, 3.8) is 0 Å². The lowest BCUT2D eigenvalue weighted by Crippen LogP contribution is -2.54. The molecule has 1 N–H and O–H groups in total. The smallest absolute Gasteiger partial charge is 0.325 e. The van der Waals surface area contributed by atoms with Crippen LogP contribution in [0.2, 0.25) is 0 Å². The molecule has 0 unspecified atom stereocenters. The molecule has 7 heteroatoms. The molecular formula is C17H27N3O4. The number of carbonyl (C=O) groups is 3. The number of amides is 4. The fourth-order valence-electron chi connectivity index (χ4n) is 4.26. The Bertz CT molecular complexity index is 542. The van der Waals surface area contributed by atoms with Crippen LogP contribution >= 0.6 is 0 Å². The topological polar surface area (TPSA) is 79.0 Å². The Morgan fingerprint density at radius 1 is 1.21 bits per heavy atom. The minimum absolute atomic E-state index is 0.0366. The maximum Gasteiger partial charge on any atom is 0.325 e. The van der Waals surface area contributed by atoms with Crippen molar-refractivity contribution in [3.8, 4) is 0 Å². The highest BCUT2D eigenvalue weighted by Crippen LogP contribution is 2.38. The maximum atomic E-state index is 12.9. The number of urea groups is 1. The number of carbonyl (C=O) groups excluding carboxylic acids is 3. The van der Waals surface area contributed by atoms with Gasteiger partial charge in [-0.05, 0) is 32.6 Å². The van der Waals surface area contributed by atoms with Gasteiger partial charge in [-0.2, -0.15) is 0 Å².